The fraction of sp³-hybridized carbons (Fsp3) is 0.444. The van der Waals surface area contributed by atoms with E-state index in [1.807, 2.05) is 59.5 Å². The molecule has 8 heteroatoms. The molecule has 0 aliphatic carbocycles. The van der Waals surface area contributed by atoms with Gasteiger partial charge < -0.3 is 24.4 Å². The van der Waals surface area contributed by atoms with Gasteiger partial charge in [-0.1, -0.05) is 42.5 Å². The van der Waals surface area contributed by atoms with Crippen LogP contribution in [-0.4, -0.2) is 61.6 Å². The van der Waals surface area contributed by atoms with E-state index in [1.54, 1.807) is 14.2 Å². The molecule has 8 nitrogen and oxygen atoms in total. The number of hydrogen-bond acceptors (Lipinski definition) is 6. The predicted octanol–water partition coefficient (Wildman–Crippen LogP) is 5.75. The lowest BCUT2D eigenvalue weighted by Gasteiger charge is -2.27. The van der Waals surface area contributed by atoms with Crippen molar-refractivity contribution in [3.63, 3.8) is 0 Å². The number of carbonyl (C=O) groups excluding carboxylic acids is 2. The highest BCUT2D eigenvalue weighted by atomic mass is 16.5. The van der Waals surface area contributed by atoms with Crippen molar-refractivity contribution in [2.75, 3.05) is 33.9 Å². The Kier molecular flexibility index (Phi) is 12.5. The number of hydrogen-bond donors (Lipinski definition) is 1. The number of rotatable bonds is 10. The number of amides is 2. The Bertz CT molecular complexity index is 1360. The van der Waals surface area contributed by atoms with Crippen LogP contribution in [0.5, 0.6) is 17.2 Å². The molecule has 0 spiro atoms. The average Bonchev–Trinajstić information content (AvgIpc) is 3.04. The molecule has 44 heavy (non-hydrogen) atoms. The van der Waals surface area contributed by atoms with E-state index in [9.17, 15) is 9.59 Å². The zero-order valence-corrected chi connectivity index (χ0v) is 26.6. The molecule has 3 aromatic carbocycles. The molecule has 2 amide bonds. The van der Waals surface area contributed by atoms with Crippen molar-refractivity contribution < 1.29 is 23.8 Å². The molecule has 1 heterocycles. The molecule has 0 radical (unpaired) electrons. The summed E-state index contributed by atoms with van der Waals surface area (Å²) in [5.41, 5.74) is 4.06. The molecule has 0 atom stereocenters. The second kappa shape index (κ2) is 16.7. The number of aryl methyl sites for hydroxylation is 1. The minimum absolute atomic E-state index is 0.0494. The highest BCUT2D eigenvalue weighted by Gasteiger charge is 2.20. The third-order valence-corrected chi connectivity index (χ3v) is 8.02. The van der Waals surface area contributed by atoms with Crippen LogP contribution in [0.15, 0.2) is 66.7 Å². The van der Waals surface area contributed by atoms with Gasteiger partial charge in [-0.25, -0.2) is 0 Å². The van der Waals surface area contributed by atoms with E-state index in [1.165, 1.54) is 0 Å². The first kappa shape index (κ1) is 32.9. The van der Waals surface area contributed by atoms with Crippen molar-refractivity contribution in [1.29, 1.82) is 0 Å². The molecular formula is C36H47N3O5. The molecule has 1 aliphatic rings. The summed E-state index contributed by atoms with van der Waals surface area (Å²) in [5.74, 6) is 2.39. The monoisotopic (exact) mass is 601 g/mol. The second-order valence-corrected chi connectivity index (χ2v) is 11.6. The lowest BCUT2D eigenvalue weighted by Crippen LogP contribution is -2.40. The van der Waals surface area contributed by atoms with E-state index < -0.39 is 0 Å². The summed E-state index contributed by atoms with van der Waals surface area (Å²) in [4.78, 5) is 30.5. The van der Waals surface area contributed by atoms with Crippen LogP contribution in [-0.2, 0) is 35.6 Å². The van der Waals surface area contributed by atoms with Crippen molar-refractivity contribution in [2.45, 2.75) is 71.6 Å². The van der Waals surface area contributed by atoms with Crippen LogP contribution in [0.3, 0.4) is 0 Å². The summed E-state index contributed by atoms with van der Waals surface area (Å²) in [5, 5.41) is 3.05. The fourth-order valence-corrected chi connectivity index (χ4v) is 5.40. The van der Waals surface area contributed by atoms with Gasteiger partial charge in [-0.15, -0.1) is 0 Å². The van der Waals surface area contributed by atoms with Gasteiger partial charge in [0.1, 0.15) is 17.2 Å². The normalized spacial score (nSPS) is 14.7. The van der Waals surface area contributed by atoms with Crippen molar-refractivity contribution in [2.24, 2.45) is 0 Å². The van der Waals surface area contributed by atoms with E-state index in [-0.39, 0.29) is 17.9 Å². The molecular weight excluding hydrogens is 554 g/mol. The van der Waals surface area contributed by atoms with Crippen molar-refractivity contribution in [3.05, 3.63) is 89.0 Å². The number of fused-ring (bicyclic) bond motifs is 1. The van der Waals surface area contributed by atoms with Gasteiger partial charge in [0.2, 0.25) is 11.8 Å². The number of ether oxygens (including phenoxy) is 3. The Morgan fingerprint density at radius 2 is 1.75 bits per heavy atom. The molecule has 0 bridgehead atoms. The molecule has 0 aromatic heterocycles. The number of methoxy groups -OCH3 is 2. The van der Waals surface area contributed by atoms with Gasteiger partial charge >= 0.3 is 0 Å². The predicted molar refractivity (Wildman–Crippen MR) is 173 cm³/mol. The average molecular weight is 602 g/mol. The quantitative estimate of drug-likeness (QED) is 0.319. The number of nitrogens with one attached hydrogen (secondary N) is 1. The Morgan fingerprint density at radius 1 is 0.932 bits per heavy atom. The minimum atomic E-state index is 0.0494. The molecule has 3 aromatic rings. The number of benzene rings is 3. The zero-order chi connectivity index (χ0) is 31.3. The first-order valence-electron chi connectivity index (χ1n) is 15.6. The number of nitrogens with zero attached hydrogens (tertiary/aromatic N) is 2. The Labute approximate surface area is 262 Å². The maximum Gasteiger partial charge on any atom is 0.234 e. The summed E-state index contributed by atoms with van der Waals surface area (Å²) < 4.78 is 17.3. The van der Waals surface area contributed by atoms with Gasteiger partial charge in [0.25, 0.3) is 0 Å². The molecule has 0 fully saturated rings. The SMILES string of the molecule is COc1ccc(OC)c(CN(Cc2ccccc2)C(=O)CCc2ccc3c(c2)CN(C(C)C)CC(=O)NCCCCCO3)c1. The topological polar surface area (TPSA) is 80.3 Å². The smallest absolute Gasteiger partial charge is 0.234 e. The van der Waals surface area contributed by atoms with Crippen molar-refractivity contribution in [3.8, 4) is 17.2 Å². The first-order chi connectivity index (χ1) is 21.4. The zero-order valence-electron chi connectivity index (χ0n) is 26.6. The van der Waals surface area contributed by atoms with Gasteiger partial charge in [-0.05, 0) is 74.9 Å². The molecule has 4 rings (SSSR count). The second-order valence-electron chi connectivity index (χ2n) is 11.6. The highest BCUT2D eigenvalue weighted by Crippen LogP contribution is 2.27. The van der Waals surface area contributed by atoms with Crippen LogP contribution < -0.4 is 19.5 Å². The van der Waals surface area contributed by atoms with E-state index in [2.05, 4.69) is 36.2 Å². The van der Waals surface area contributed by atoms with Crippen molar-refractivity contribution >= 4 is 11.8 Å². The van der Waals surface area contributed by atoms with Gasteiger partial charge in [0.15, 0.2) is 0 Å². The largest absolute Gasteiger partial charge is 0.497 e. The maximum absolute atomic E-state index is 13.8. The lowest BCUT2D eigenvalue weighted by molar-refractivity contribution is -0.132. The van der Waals surface area contributed by atoms with E-state index in [0.717, 1.165) is 58.8 Å². The Hall–Kier alpha value is -4.04. The summed E-state index contributed by atoms with van der Waals surface area (Å²) in [6.45, 7) is 7.37. The highest BCUT2D eigenvalue weighted by molar-refractivity contribution is 5.78. The van der Waals surface area contributed by atoms with Crippen LogP contribution in [0.1, 0.15) is 61.8 Å². The van der Waals surface area contributed by atoms with Crippen LogP contribution in [0, 0.1) is 0 Å². The van der Waals surface area contributed by atoms with Crippen LogP contribution in [0.2, 0.25) is 0 Å². The third-order valence-electron chi connectivity index (χ3n) is 8.02. The van der Waals surface area contributed by atoms with E-state index in [4.69, 9.17) is 14.2 Å². The molecule has 236 valence electrons. The van der Waals surface area contributed by atoms with Gasteiger partial charge in [0, 0.05) is 49.8 Å². The summed E-state index contributed by atoms with van der Waals surface area (Å²) in [7, 11) is 3.27. The Balaban J connectivity index is 1.53. The minimum Gasteiger partial charge on any atom is -0.497 e. The summed E-state index contributed by atoms with van der Waals surface area (Å²) >= 11 is 0. The van der Waals surface area contributed by atoms with Crippen molar-refractivity contribution in [1.82, 2.24) is 15.1 Å². The van der Waals surface area contributed by atoms with Crippen LogP contribution in [0.4, 0.5) is 0 Å². The molecule has 1 aliphatic heterocycles. The van der Waals surface area contributed by atoms with E-state index in [0.29, 0.717) is 52.2 Å². The third kappa shape index (κ3) is 9.74. The number of carbonyl (C=O) groups is 2. The summed E-state index contributed by atoms with van der Waals surface area (Å²) in [6.07, 6.45) is 3.84. The first-order valence-corrected chi connectivity index (χ1v) is 15.6. The molecule has 0 saturated carbocycles. The standard InChI is InChI=1S/C36H47N3O5/c1-27(2)38-24-30-21-28(13-16-34(30)44-20-10-6-9-19-37-35(40)26-38)14-18-36(41)39(23-29-11-7-5-8-12-29)25-31-22-32(42-3)15-17-33(31)43-4/h5,7-8,11-13,15-17,21-22,27H,6,9-10,14,18-20,23-26H2,1-4H3,(H,37,40). The molecule has 1 N–H and O–H groups in total. The van der Waals surface area contributed by atoms with Gasteiger partial charge in [0.05, 0.1) is 27.4 Å². The molecule has 0 unspecified atom stereocenters. The Morgan fingerprint density at radius 3 is 2.50 bits per heavy atom. The molecule has 0 saturated heterocycles. The van der Waals surface area contributed by atoms with Gasteiger partial charge in [-0.3, -0.25) is 14.5 Å². The van der Waals surface area contributed by atoms with Crippen LogP contribution in [0.25, 0.3) is 0 Å². The lowest BCUT2D eigenvalue weighted by atomic mass is 10.0. The fourth-order valence-electron chi connectivity index (χ4n) is 5.40. The maximum atomic E-state index is 13.8. The summed E-state index contributed by atoms with van der Waals surface area (Å²) in [6, 6.07) is 22.1. The van der Waals surface area contributed by atoms with E-state index >= 15 is 0 Å². The van der Waals surface area contributed by atoms with Gasteiger partial charge in [-0.2, -0.15) is 0 Å². The van der Waals surface area contributed by atoms with Crippen LogP contribution >= 0.6 is 0 Å².